The van der Waals surface area contributed by atoms with Crippen LogP contribution < -0.4 is 5.73 Å². The molecule has 0 unspecified atom stereocenters. The van der Waals surface area contributed by atoms with Gasteiger partial charge in [-0.15, -0.1) is 11.3 Å². The molecule has 2 rings (SSSR count). The van der Waals surface area contributed by atoms with Gasteiger partial charge < -0.3 is 10.8 Å². The number of hydrogen-bond acceptors (Lipinski definition) is 5. The summed E-state index contributed by atoms with van der Waals surface area (Å²) < 4.78 is 25.9. The summed E-state index contributed by atoms with van der Waals surface area (Å²) in [5.41, 5.74) is 5.73. The Kier molecular flexibility index (Phi) is 3.71. The molecule has 0 radical (unpaired) electrons. The van der Waals surface area contributed by atoms with E-state index in [0.717, 1.165) is 11.3 Å². The van der Waals surface area contributed by atoms with Gasteiger partial charge in [0, 0.05) is 19.1 Å². The van der Waals surface area contributed by atoms with Crippen LogP contribution in [-0.2, 0) is 10.0 Å². The largest absolute Gasteiger partial charge is 0.477 e. The maximum Gasteiger partial charge on any atom is 0.345 e. The fourth-order valence-corrected chi connectivity index (χ4v) is 4.59. The van der Waals surface area contributed by atoms with E-state index in [4.69, 9.17) is 10.8 Å². The molecule has 18 heavy (non-hydrogen) atoms. The first-order chi connectivity index (χ1) is 8.41. The van der Waals surface area contributed by atoms with E-state index in [1.165, 1.54) is 16.4 Å². The van der Waals surface area contributed by atoms with Gasteiger partial charge in [0.2, 0.25) is 0 Å². The summed E-state index contributed by atoms with van der Waals surface area (Å²) >= 11 is 0.782. The summed E-state index contributed by atoms with van der Waals surface area (Å²) in [4.78, 5) is 10.8. The fraction of sp³-hybridized carbons (Fsp3) is 0.500. The van der Waals surface area contributed by atoms with E-state index in [1.54, 1.807) is 0 Å². The van der Waals surface area contributed by atoms with Crippen molar-refractivity contribution in [2.45, 2.75) is 23.1 Å². The second kappa shape index (κ2) is 4.96. The fourth-order valence-electron chi connectivity index (χ4n) is 1.82. The number of nitrogens with zero attached hydrogens (tertiary/aromatic N) is 1. The number of hydrogen-bond donors (Lipinski definition) is 2. The molecular formula is C10H14N2O4S2. The molecule has 100 valence electrons. The number of aromatic carboxylic acids is 1. The normalized spacial score (nSPS) is 18.9. The highest BCUT2D eigenvalue weighted by molar-refractivity contribution is 7.91. The number of carboxylic acids is 1. The number of thiophene rings is 1. The number of piperidine rings is 1. The Labute approximate surface area is 109 Å². The molecule has 0 spiro atoms. The van der Waals surface area contributed by atoms with Crippen LogP contribution in [0.2, 0.25) is 0 Å². The monoisotopic (exact) mass is 290 g/mol. The van der Waals surface area contributed by atoms with Crippen LogP contribution in [0.3, 0.4) is 0 Å². The van der Waals surface area contributed by atoms with E-state index >= 15 is 0 Å². The van der Waals surface area contributed by atoms with Gasteiger partial charge in [-0.25, -0.2) is 13.2 Å². The first kappa shape index (κ1) is 13.5. The first-order valence-corrected chi connectivity index (χ1v) is 7.76. The lowest BCUT2D eigenvalue weighted by Crippen LogP contribution is -2.42. The molecule has 0 amide bonds. The van der Waals surface area contributed by atoms with Crippen molar-refractivity contribution in [3.05, 3.63) is 17.0 Å². The standard InChI is InChI=1S/C10H14N2O4S2/c11-7-3-5-12(6-4-7)18(15,16)9-2-1-8(17-9)10(13)14/h1-2,7H,3-6,11H2,(H,13,14). The zero-order valence-electron chi connectivity index (χ0n) is 9.57. The van der Waals surface area contributed by atoms with Crippen LogP contribution in [0, 0.1) is 0 Å². The molecule has 0 aliphatic carbocycles. The Morgan fingerprint density at radius 1 is 1.39 bits per heavy atom. The van der Waals surface area contributed by atoms with Crippen LogP contribution in [0.4, 0.5) is 0 Å². The number of sulfonamides is 1. The van der Waals surface area contributed by atoms with Crippen molar-refractivity contribution in [3.8, 4) is 0 Å². The van der Waals surface area contributed by atoms with Crippen LogP contribution in [0.1, 0.15) is 22.5 Å². The van der Waals surface area contributed by atoms with Gasteiger partial charge in [0.1, 0.15) is 9.09 Å². The van der Waals surface area contributed by atoms with Crippen LogP contribution in [0.5, 0.6) is 0 Å². The quantitative estimate of drug-likeness (QED) is 0.847. The molecule has 1 fully saturated rings. The van der Waals surface area contributed by atoms with Crippen molar-refractivity contribution in [3.63, 3.8) is 0 Å². The van der Waals surface area contributed by atoms with Crippen molar-refractivity contribution in [1.29, 1.82) is 0 Å². The minimum Gasteiger partial charge on any atom is -0.477 e. The van der Waals surface area contributed by atoms with Crippen molar-refractivity contribution in [1.82, 2.24) is 4.31 Å². The maximum absolute atomic E-state index is 12.2. The third kappa shape index (κ3) is 2.56. The van der Waals surface area contributed by atoms with Crippen LogP contribution in [0.15, 0.2) is 16.3 Å². The summed E-state index contributed by atoms with van der Waals surface area (Å²) in [5.74, 6) is -1.11. The van der Waals surface area contributed by atoms with E-state index in [-0.39, 0.29) is 15.1 Å². The van der Waals surface area contributed by atoms with Gasteiger partial charge in [-0.1, -0.05) is 0 Å². The lowest BCUT2D eigenvalue weighted by molar-refractivity contribution is 0.0702. The minimum atomic E-state index is -3.57. The first-order valence-electron chi connectivity index (χ1n) is 5.50. The van der Waals surface area contributed by atoms with E-state index in [9.17, 15) is 13.2 Å². The number of rotatable bonds is 3. The predicted molar refractivity (Wildman–Crippen MR) is 67.2 cm³/mol. The highest BCUT2D eigenvalue weighted by Crippen LogP contribution is 2.26. The molecule has 2 heterocycles. The van der Waals surface area contributed by atoms with Gasteiger partial charge in [0.05, 0.1) is 0 Å². The summed E-state index contributed by atoms with van der Waals surface area (Å²) in [5, 5.41) is 8.79. The summed E-state index contributed by atoms with van der Waals surface area (Å²) in [6, 6.07) is 2.71. The Morgan fingerprint density at radius 3 is 2.50 bits per heavy atom. The molecule has 6 nitrogen and oxygen atoms in total. The van der Waals surface area contributed by atoms with Gasteiger partial charge in [-0.3, -0.25) is 0 Å². The molecule has 0 saturated carbocycles. The van der Waals surface area contributed by atoms with Crippen molar-refractivity contribution in [2.75, 3.05) is 13.1 Å². The third-order valence-electron chi connectivity index (χ3n) is 2.88. The zero-order valence-corrected chi connectivity index (χ0v) is 11.2. The number of nitrogens with two attached hydrogens (primary N) is 1. The average molecular weight is 290 g/mol. The van der Waals surface area contributed by atoms with E-state index < -0.39 is 16.0 Å². The lowest BCUT2D eigenvalue weighted by atomic mass is 10.1. The Hall–Kier alpha value is -0.960. The number of carboxylic acid groups (broad SMARTS) is 1. The Morgan fingerprint density at radius 2 is 2.00 bits per heavy atom. The number of carbonyl (C=O) groups is 1. The molecule has 1 aliphatic heterocycles. The van der Waals surface area contributed by atoms with Gasteiger partial charge in [0.15, 0.2) is 0 Å². The van der Waals surface area contributed by atoms with Crippen molar-refractivity contribution in [2.24, 2.45) is 5.73 Å². The minimum absolute atomic E-state index is 0.0299. The van der Waals surface area contributed by atoms with Crippen molar-refractivity contribution >= 4 is 27.3 Å². The van der Waals surface area contributed by atoms with Gasteiger partial charge in [0.25, 0.3) is 10.0 Å². The average Bonchev–Trinajstić information content (AvgIpc) is 2.79. The predicted octanol–water partition coefficient (Wildman–Crippen LogP) is 0.558. The van der Waals surface area contributed by atoms with Crippen LogP contribution >= 0.6 is 11.3 Å². The molecular weight excluding hydrogens is 276 g/mol. The van der Waals surface area contributed by atoms with E-state index in [1.807, 2.05) is 0 Å². The zero-order chi connectivity index (χ0) is 13.3. The van der Waals surface area contributed by atoms with Crippen molar-refractivity contribution < 1.29 is 18.3 Å². The Balaban J connectivity index is 2.22. The maximum atomic E-state index is 12.2. The molecule has 1 aromatic rings. The molecule has 1 saturated heterocycles. The second-order valence-electron chi connectivity index (χ2n) is 4.17. The highest BCUT2D eigenvalue weighted by atomic mass is 32.2. The molecule has 1 aliphatic rings. The molecule has 0 bridgehead atoms. The van der Waals surface area contributed by atoms with Gasteiger partial charge >= 0.3 is 5.97 Å². The van der Waals surface area contributed by atoms with Gasteiger partial charge in [-0.2, -0.15) is 4.31 Å². The van der Waals surface area contributed by atoms with E-state index in [2.05, 4.69) is 0 Å². The Bertz CT molecular complexity index is 544. The molecule has 8 heteroatoms. The lowest BCUT2D eigenvalue weighted by Gasteiger charge is -2.28. The smallest absolute Gasteiger partial charge is 0.345 e. The molecule has 0 aromatic carbocycles. The SMILES string of the molecule is NC1CCN(S(=O)(=O)c2ccc(C(=O)O)s2)CC1. The summed E-state index contributed by atoms with van der Waals surface area (Å²) in [6.07, 6.45) is 1.27. The van der Waals surface area contributed by atoms with Crippen LogP contribution in [-0.4, -0.2) is 42.9 Å². The topological polar surface area (TPSA) is 101 Å². The third-order valence-corrected chi connectivity index (χ3v) is 6.32. The summed E-state index contributed by atoms with van der Waals surface area (Å²) in [6.45, 7) is 0.785. The summed E-state index contributed by atoms with van der Waals surface area (Å²) in [7, 11) is -3.57. The van der Waals surface area contributed by atoms with Crippen LogP contribution in [0.25, 0.3) is 0 Å². The molecule has 1 aromatic heterocycles. The molecule has 0 atom stereocenters. The van der Waals surface area contributed by atoms with E-state index in [0.29, 0.717) is 25.9 Å². The highest BCUT2D eigenvalue weighted by Gasteiger charge is 2.29. The van der Waals surface area contributed by atoms with Gasteiger partial charge in [-0.05, 0) is 25.0 Å². The second-order valence-corrected chi connectivity index (χ2v) is 7.41. The molecule has 3 N–H and O–H groups in total.